The summed E-state index contributed by atoms with van der Waals surface area (Å²) in [5.74, 6) is -0.846. The molecule has 3 aromatic rings. The van der Waals surface area contributed by atoms with Gasteiger partial charge >= 0.3 is 11.9 Å². The number of anilines is 4. The number of benzene rings is 3. The lowest BCUT2D eigenvalue weighted by Gasteiger charge is -2.29. The lowest BCUT2D eigenvalue weighted by Crippen LogP contribution is -2.17. The molecule has 0 aliphatic carbocycles. The molecule has 3 aromatic carbocycles. The van der Waals surface area contributed by atoms with Crippen LogP contribution in [0.4, 0.5) is 22.7 Å². The molecule has 0 heterocycles. The normalized spacial score (nSPS) is 10.5. The highest BCUT2D eigenvalue weighted by molar-refractivity contribution is 5.87. The fourth-order valence-corrected chi connectivity index (χ4v) is 4.77. The Bertz CT molecular complexity index is 1710. The Balaban J connectivity index is 0.00000256. The minimum Gasteiger partial charge on any atom is -0.462 e. The fourth-order valence-electron chi connectivity index (χ4n) is 4.77. The number of esters is 2. The Labute approximate surface area is 312 Å². The van der Waals surface area contributed by atoms with Crippen LogP contribution in [0, 0.1) is 0 Å². The number of ether oxygens (including phenoxy) is 2. The van der Waals surface area contributed by atoms with Crippen LogP contribution in [0.5, 0.6) is 0 Å². The summed E-state index contributed by atoms with van der Waals surface area (Å²) in [5.41, 5.74) is 7.68. The van der Waals surface area contributed by atoms with Gasteiger partial charge in [-0.1, -0.05) is 110 Å². The van der Waals surface area contributed by atoms with Crippen LogP contribution >= 0.6 is 0 Å². The van der Waals surface area contributed by atoms with E-state index in [2.05, 4.69) is 75.3 Å². The summed E-state index contributed by atoms with van der Waals surface area (Å²) in [5, 5.41) is 0. The summed E-state index contributed by atoms with van der Waals surface area (Å²) in [4.78, 5) is 27.5. The number of carbonyl (C=O) groups is 2. The van der Waals surface area contributed by atoms with Gasteiger partial charge in [-0.05, 0) is 90.9 Å². The highest BCUT2D eigenvalue weighted by atomic mass is 16.5. The van der Waals surface area contributed by atoms with E-state index in [9.17, 15) is 9.59 Å². The van der Waals surface area contributed by atoms with Gasteiger partial charge in [-0.15, -0.1) is 0 Å². The van der Waals surface area contributed by atoms with E-state index in [0.717, 1.165) is 51.3 Å². The van der Waals surface area contributed by atoms with Gasteiger partial charge < -0.3 is 19.3 Å². The number of allylic oxidation sites excluding steroid dienone is 6. The van der Waals surface area contributed by atoms with Gasteiger partial charge in [0.1, 0.15) is 0 Å². The van der Waals surface area contributed by atoms with Crippen molar-refractivity contribution in [3.05, 3.63) is 183 Å². The van der Waals surface area contributed by atoms with Crippen molar-refractivity contribution in [3.8, 4) is 0 Å². The van der Waals surface area contributed by atoms with Crippen molar-refractivity contribution in [1.82, 2.24) is 0 Å². The van der Waals surface area contributed by atoms with Crippen molar-refractivity contribution in [3.63, 3.8) is 0 Å². The first kappa shape index (κ1) is 44.1. The van der Waals surface area contributed by atoms with Gasteiger partial charge in [0.2, 0.25) is 0 Å². The molecule has 0 unspecified atom stereocenters. The highest BCUT2D eigenvalue weighted by Gasteiger charge is 2.17. The largest absolute Gasteiger partial charge is 0.462 e. The number of nitrogens with zero attached hydrogens (tertiary/aromatic N) is 2. The van der Waals surface area contributed by atoms with Crippen LogP contribution < -0.4 is 9.80 Å². The molecule has 0 amide bonds. The van der Waals surface area contributed by atoms with E-state index in [1.807, 2.05) is 86.7 Å². The summed E-state index contributed by atoms with van der Waals surface area (Å²) in [6.45, 7) is 33.4. The molecule has 0 atom stereocenters. The van der Waals surface area contributed by atoms with Gasteiger partial charge in [-0.2, -0.15) is 0 Å². The summed E-state index contributed by atoms with van der Waals surface area (Å²) in [6, 6.07) is 24.3. The first-order valence-corrected chi connectivity index (χ1v) is 17.6. The highest BCUT2D eigenvalue weighted by Crippen LogP contribution is 2.36. The molecule has 6 nitrogen and oxygen atoms in total. The van der Waals surface area contributed by atoms with Crippen LogP contribution in [-0.2, 0) is 31.9 Å². The molecule has 0 spiro atoms. The molecule has 0 radical (unpaired) electrons. The van der Waals surface area contributed by atoms with Crippen LogP contribution in [0.2, 0.25) is 0 Å². The van der Waals surface area contributed by atoms with Crippen molar-refractivity contribution in [2.24, 2.45) is 0 Å². The van der Waals surface area contributed by atoms with Gasteiger partial charge in [-0.25, -0.2) is 9.59 Å². The van der Waals surface area contributed by atoms with Crippen molar-refractivity contribution >= 4 is 34.7 Å². The van der Waals surface area contributed by atoms with E-state index < -0.39 is 11.9 Å². The van der Waals surface area contributed by atoms with E-state index in [1.54, 1.807) is 31.2 Å². The Kier molecular flexibility index (Phi) is 21.3. The zero-order valence-corrected chi connectivity index (χ0v) is 31.8. The average Bonchev–Trinajstić information content (AvgIpc) is 3.16. The SMILES string of the molecule is C=C/C=C(\C=C)N(c1ccc(N(/C(C=C)=C/C=C)c2cccc(CCOC(=O)C(=C)C)c2)cc1)c1cccc(CCOC(=O)C=C)c1.CC.CCC. The van der Waals surface area contributed by atoms with Crippen LogP contribution in [0.1, 0.15) is 52.2 Å². The molecular weight excluding hydrogens is 645 g/mol. The molecule has 274 valence electrons. The minimum absolute atomic E-state index is 0.250. The second-order valence-corrected chi connectivity index (χ2v) is 11.1. The first-order valence-electron chi connectivity index (χ1n) is 17.6. The van der Waals surface area contributed by atoms with E-state index in [-0.39, 0.29) is 13.2 Å². The third-order valence-electron chi connectivity index (χ3n) is 6.99. The fraction of sp³-hybridized carbons (Fsp3) is 0.217. The van der Waals surface area contributed by atoms with Crippen molar-refractivity contribution in [2.75, 3.05) is 23.0 Å². The van der Waals surface area contributed by atoms with Crippen LogP contribution in [0.25, 0.3) is 0 Å². The third-order valence-corrected chi connectivity index (χ3v) is 6.99. The average molecular weight is 701 g/mol. The quantitative estimate of drug-likeness (QED) is 0.0748. The molecule has 3 rings (SSSR count). The summed E-state index contributed by atoms with van der Waals surface area (Å²) >= 11 is 0. The van der Waals surface area contributed by atoms with Gasteiger partial charge in [0, 0.05) is 58.6 Å². The molecule has 0 aliphatic rings. The van der Waals surface area contributed by atoms with Gasteiger partial charge in [0.25, 0.3) is 0 Å². The maximum atomic E-state index is 11.9. The van der Waals surface area contributed by atoms with Crippen molar-refractivity contribution in [2.45, 2.75) is 53.9 Å². The van der Waals surface area contributed by atoms with E-state index >= 15 is 0 Å². The monoisotopic (exact) mass is 700 g/mol. The van der Waals surface area contributed by atoms with Gasteiger partial charge in [-0.3, -0.25) is 0 Å². The smallest absolute Gasteiger partial charge is 0.333 e. The summed E-state index contributed by atoms with van der Waals surface area (Å²) in [6.07, 6.45) is 14.3. The maximum Gasteiger partial charge on any atom is 0.333 e. The second-order valence-electron chi connectivity index (χ2n) is 11.1. The third kappa shape index (κ3) is 14.2. The minimum atomic E-state index is -0.446. The van der Waals surface area contributed by atoms with Gasteiger partial charge in [0.05, 0.1) is 13.2 Å². The van der Waals surface area contributed by atoms with E-state index in [4.69, 9.17) is 9.47 Å². The Morgan fingerprint density at radius 3 is 1.38 bits per heavy atom. The van der Waals surface area contributed by atoms with E-state index in [1.165, 1.54) is 6.42 Å². The van der Waals surface area contributed by atoms with Crippen LogP contribution in [0.15, 0.2) is 172 Å². The summed E-state index contributed by atoms with van der Waals surface area (Å²) < 4.78 is 10.5. The second kappa shape index (κ2) is 25.1. The number of hydrogen-bond donors (Lipinski definition) is 0. The molecule has 0 bridgehead atoms. The predicted octanol–water partition coefficient (Wildman–Crippen LogP) is 11.9. The Morgan fingerprint density at radius 2 is 1.04 bits per heavy atom. The molecule has 0 aromatic heterocycles. The molecule has 52 heavy (non-hydrogen) atoms. The van der Waals surface area contributed by atoms with E-state index in [0.29, 0.717) is 18.4 Å². The van der Waals surface area contributed by atoms with Gasteiger partial charge in [0.15, 0.2) is 0 Å². The lowest BCUT2D eigenvalue weighted by atomic mass is 10.1. The molecule has 0 saturated heterocycles. The predicted molar refractivity (Wildman–Crippen MR) is 222 cm³/mol. The zero-order chi connectivity index (χ0) is 38.9. The molecule has 0 fully saturated rings. The van der Waals surface area contributed by atoms with Crippen molar-refractivity contribution < 1.29 is 19.1 Å². The van der Waals surface area contributed by atoms with Crippen LogP contribution in [0.3, 0.4) is 0 Å². The topological polar surface area (TPSA) is 59.1 Å². The molecule has 0 N–H and O–H groups in total. The molecule has 0 aliphatic heterocycles. The number of carbonyl (C=O) groups excluding carboxylic acids is 2. The molecule has 0 saturated carbocycles. The Morgan fingerprint density at radius 1 is 0.635 bits per heavy atom. The lowest BCUT2D eigenvalue weighted by molar-refractivity contribution is -0.139. The first-order chi connectivity index (χ1) is 25.2. The Hall–Kier alpha value is -5.88. The maximum absolute atomic E-state index is 11.9. The van der Waals surface area contributed by atoms with Crippen LogP contribution in [-0.4, -0.2) is 25.2 Å². The molecule has 6 heteroatoms. The molecular formula is C46H56N2O4. The summed E-state index contributed by atoms with van der Waals surface area (Å²) in [7, 11) is 0. The standard InChI is InChI=1S/C41H42N2O4.C3H8.C2H6/c1-8-15-34(10-3)42(38-19-13-17-32(29-38)25-27-46-40(44)12-5)36-21-23-37(24-22-36)43(35(11-4)16-9-2)39-20-14-18-33(30-39)26-28-47-41(45)31(6)7;1-3-2;1-2/h8-24,29-30H,1-6,25-28H2,7H3;3H2,1-2H3;1-2H3/b34-15+,35-16+;;. The number of rotatable bonds is 18. The zero-order valence-electron chi connectivity index (χ0n) is 31.8. The number of hydrogen-bond acceptors (Lipinski definition) is 6. The van der Waals surface area contributed by atoms with Crippen molar-refractivity contribution in [1.29, 1.82) is 0 Å².